The minimum Gasteiger partial charge on any atom is -0.460 e. The number of ether oxygens (including phenoxy) is 1. The summed E-state index contributed by atoms with van der Waals surface area (Å²) >= 11 is 0. The highest BCUT2D eigenvalue weighted by Crippen LogP contribution is 2.09. The van der Waals surface area contributed by atoms with Crippen molar-refractivity contribution in [1.82, 2.24) is 0 Å². The lowest BCUT2D eigenvalue weighted by molar-refractivity contribution is -0.156. The van der Waals surface area contributed by atoms with Gasteiger partial charge in [0.25, 0.3) is 0 Å². The molecule has 16 heavy (non-hydrogen) atoms. The second-order valence-electron chi connectivity index (χ2n) is 4.50. The van der Waals surface area contributed by atoms with Crippen LogP contribution in [0.15, 0.2) is 0 Å². The van der Waals surface area contributed by atoms with Gasteiger partial charge in [0.05, 0.1) is 0 Å². The fraction of sp³-hybridized carbons (Fsp3) is 0.727. The lowest BCUT2D eigenvalue weighted by atomic mass is 10.1. The van der Waals surface area contributed by atoms with Crippen LogP contribution in [0.25, 0.3) is 4.85 Å². The van der Waals surface area contributed by atoms with Crippen molar-refractivity contribution in [2.45, 2.75) is 45.3 Å². The monoisotopic (exact) mass is 227 g/mol. The molecule has 0 aliphatic heterocycles. The van der Waals surface area contributed by atoms with E-state index < -0.39 is 23.5 Å². The molecule has 0 aromatic rings. The average molecular weight is 227 g/mol. The minimum atomic E-state index is -0.993. The maximum atomic E-state index is 11.3. The van der Waals surface area contributed by atoms with E-state index in [0.29, 0.717) is 0 Å². The predicted octanol–water partition coefficient (Wildman–Crippen LogP) is 0.958. The Balaban J connectivity index is 3.98. The molecule has 1 atom stereocenters. The Bertz CT molecular complexity index is 298. The number of aliphatic hydroxyl groups excluding tert-OH is 1. The van der Waals surface area contributed by atoms with Crippen LogP contribution in [0.5, 0.6) is 0 Å². The molecule has 0 aromatic carbocycles. The first-order chi connectivity index (χ1) is 7.24. The average Bonchev–Trinajstić information content (AvgIpc) is 1.98. The SMILES string of the molecule is [C-]#[N+]CC(O)CC(=O)CC(=O)OC(C)(C)C. The molecule has 0 fully saturated rings. The highest BCUT2D eigenvalue weighted by molar-refractivity contribution is 5.95. The number of nitrogens with zero attached hydrogens (tertiary/aromatic N) is 1. The molecule has 0 aliphatic rings. The lowest BCUT2D eigenvalue weighted by Crippen LogP contribution is -2.26. The molecule has 5 heteroatoms. The summed E-state index contributed by atoms with van der Waals surface area (Å²) in [6.07, 6.45) is -1.53. The summed E-state index contributed by atoms with van der Waals surface area (Å²) in [5.74, 6) is -1.02. The number of carbonyl (C=O) groups is 2. The predicted molar refractivity (Wildman–Crippen MR) is 57.6 cm³/mol. The Kier molecular flexibility index (Phi) is 5.68. The van der Waals surface area contributed by atoms with Gasteiger partial charge in [-0.2, -0.15) is 0 Å². The molecule has 0 bridgehead atoms. The number of esters is 1. The van der Waals surface area contributed by atoms with Crippen LogP contribution < -0.4 is 0 Å². The van der Waals surface area contributed by atoms with Gasteiger partial charge in [-0.25, -0.2) is 6.57 Å². The first-order valence-electron chi connectivity index (χ1n) is 4.99. The molecule has 0 aliphatic carbocycles. The van der Waals surface area contributed by atoms with Crippen LogP contribution in [0.2, 0.25) is 0 Å². The van der Waals surface area contributed by atoms with Gasteiger partial charge in [-0.05, 0) is 20.8 Å². The summed E-state index contributed by atoms with van der Waals surface area (Å²) in [5.41, 5.74) is -0.619. The molecule has 0 saturated carbocycles. The molecule has 0 amide bonds. The maximum Gasteiger partial charge on any atom is 0.313 e. The molecule has 0 rings (SSSR count). The van der Waals surface area contributed by atoms with Gasteiger partial charge in [0.15, 0.2) is 0 Å². The van der Waals surface area contributed by atoms with E-state index in [1.54, 1.807) is 20.8 Å². The van der Waals surface area contributed by atoms with Crippen molar-refractivity contribution in [3.8, 4) is 0 Å². The topological polar surface area (TPSA) is 68.0 Å². The van der Waals surface area contributed by atoms with E-state index in [2.05, 4.69) is 4.85 Å². The van der Waals surface area contributed by atoms with Gasteiger partial charge in [-0.1, -0.05) is 0 Å². The molecule has 0 saturated heterocycles. The Morgan fingerprint density at radius 2 is 2.00 bits per heavy atom. The van der Waals surface area contributed by atoms with Crippen LogP contribution in [0.1, 0.15) is 33.6 Å². The number of hydrogen-bond acceptors (Lipinski definition) is 4. The van der Waals surface area contributed by atoms with Crippen LogP contribution in [0.4, 0.5) is 0 Å². The zero-order valence-corrected chi connectivity index (χ0v) is 9.82. The third-order valence-electron chi connectivity index (χ3n) is 1.53. The van der Waals surface area contributed by atoms with Crippen molar-refractivity contribution < 1.29 is 19.4 Å². The van der Waals surface area contributed by atoms with Crippen LogP contribution in [0.3, 0.4) is 0 Å². The second-order valence-corrected chi connectivity index (χ2v) is 4.50. The normalized spacial score (nSPS) is 12.7. The first kappa shape index (κ1) is 14.6. The Labute approximate surface area is 95.2 Å². The van der Waals surface area contributed by atoms with Crippen molar-refractivity contribution in [3.05, 3.63) is 11.4 Å². The lowest BCUT2D eigenvalue weighted by Gasteiger charge is -2.19. The third kappa shape index (κ3) is 7.94. The van der Waals surface area contributed by atoms with E-state index in [4.69, 9.17) is 11.3 Å². The number of Topliss-reactive ketones (excluding diaryl/α,β-unsaturated/α-hetero) is 1. The molecule has 0 heterocycles. The minimum absolute atomic E-state index is 0.125. The van der Waals surface area contributed by atoms with E-state index in [1.165, 1.54) is 0 Å². The number of hydrogen-bond donors (Lipinski definition) is 1. The summed E-state index contributed by atoms with van der Waals surface area (Å²) in [5, 5.41) is 9.18. The highest BCUT2D eigenvalue weighted by Gasteiger charge is 2.21. The van der Waals surface area contributed by atoms with Crippen molar-refractivity contribution >= 4 is 11.8 Å². The smallest absolute Gasteiger partial charge is 0.313 e. The van der Waals surface area contributed by atoms with Gasteiger partial charge in [0.2, 0.25) is 6.54 Å². The maximum absolute atomic E-state index is 11.3. The van der Waals surface area contributed by atoms with Crippen molar-refractivity contribution in [2.75, 3.05) is 6.54 Å². The molecule has 0 spiro atoms. The molecule has 5 nitrogen and oxygen atoms in total. The molecule has 0 aromatic heterocycles. The van der Waals surface area contributed by atoms with Gasteiger partial charge in [0.1, 0.15) is 23.9 Å². The van der Waals surface area contributed by atoms with Crippen LogP contribution in [-0.4, -0.2) is 35.1 Å². The molecule has 90 valence electrons. The molecular formula is C11H17NO4. The zero-order valence-electron chi connectivity index (χ0n) is 9.82. The van der Waals surface area contributed by atoms with Gasteiger partial charge >= 0.3 is 5.97 Å². The van der Waals surface area contributed by atoms with E-state index in [0.717, 1.165) is 0 Å². The quantitative estimate of drug-likeness (QED) is 0.431. The Morgan fingerprint density at radius 1 is 1.44 bits per heavy atom. The molecular weight excluding hydrogens is 210 g/mol. The van der Waals surface area contributed by atoms with Crippen molar-refractivity contribution in [2.24, 2.45) is 0 Å². The number of carbonyl (C=O) groups excluding carboxylic acids is 2. The van der Waals surface area contributed by atoms with Gasteiger partial charge < -0.3 is 14.7 Å². The number of ketones is 1. The van der Waals surface area contributed by atoms with Gasteiger partial charge in [-0.15, -0.1) is 0 Å². The van der Waals surface area contributed by atoms with Crippen LogP contribution >= 0.6 is 0 Å². The number of rotatable bonds is 5. The number of aliphatic hydroxyl groups is 1. The van der Waals surface area contributed by atoms with Crippen LogP contribution in [-0.2, 0) is 14.3 Å². The largest absolute Gasteiger partial charge is 0.460 e. The fourth-order valence-corrected chi connectivity index (χ4v) is 1.04. The van der Waals surface area contributed by atoms with E-state index in [9.17, 15) is 14.7 Å². The van der Waals surface area contributed by atoms with Crippen molar-refractivity contribution in [3.63, 3.8) is 0 Å². The van der Waals surface area contributed by atoms with E-state index in [1.807, 2.05) is 0 Å². The van der Waals surface area contributed by atoms with E-state index >= 15 is 0 Å². The highest BCUT2D eigenvalue weighted by atomic mass is 16.6. The fourth-order valence-electron chi connectivity index (χ4n) is 1.04. The Hall–Kier alpha value is -1.41. The van der Waals surface area contributed by atoms with Crippen molar-refractivity contribution in [1.29, 1.82) is 0 Å². The summed E-state index contributed by atoms with van der Waals surface area (Å²) in [4.78, 5) is 25.4. The van der Waals surface area contributed by atoms with E-state index in [-0.39, 0.29) is 19.4 Å². The first-order valence-corrected chi connectivity index (χ1v) is 4.99. The Morgan fingerprint density at radius 3 is 2.44 bits per heavy atom. The summed E-state index contributed by atoms with van der Waals surface area (Å²) in [6, 6.07) is 0. The summed E-state index contributed by atoms with van der Waals surface area (Å²) in [6.45, 7) is 11.5. The van der Waals surface area contributed by atoms with Gasteiger partial charge in [-0.3, -0.25) is 9.59 Å². The zero-order chi connectivity index (χ0) is 12.8. The second kappa shape index (κ2) is 6.23. The molecule has 0 radical (unpaired) electrons. The third-order valence-corrected chi connectivity index (χ3v) is 1.53. The van der Waals surface area contributed by atoms with Crippen LogP contribution in [0, 0.1) is 6.57 Å². The molecule has 1 unspecified atom stereocenters. The summed E-state index contributed by atoms with van der Waals surface area (Å²) < 4.78 is 4.95. The molecule has 1 N–H and O–H groups in total. The standard InChI is InChI=1S/C11H17NO4/c1-11(2,3)16-10(15)6-8(13)5-9(14)7-12-4/h9,14H,5-7H2,1-3H3. The summed E-state index contributed by atoms with van der Waals surface area (Å²) in [7, 11) is 0. The van der Waals surface area contributed by atoms with Gasteiger partial charge in [0, 0.05) is 6.42 Å².